The van der Waals surface area contributed by atoms with Gasteiger partial charge in [0.05, 0.1) is 6.54 Å². The molecule has 0 saturated heterocycles. The van der Waals surface area contributed by atoms with Crippen LogP contribution < -0.4 is 4.74 Å². The SMILES string of the molecule is O=C(O)C(F)(F)F.c1ccc(OCc2nnc3n2CCN(CC2CC2)C3)nc1. The van der Waals surface area contributed by atoms with Crippen LogP contribution in [0.5, 0.6) is 5.88 Å². The molecule has 8 nitrogen and oxygen atoms in total. The number of nitrogens with zero attached hydrogens (tertiary/aromatic N) is 5. The largest absolute Gasteiger partial charge is 0.490 e. The summed E-state index contributed by atoms with van der Waals surface area (Å²) in [4.78, 5) is 15.5. The fourth-order valence-corrected chi connectivity index (χ4v) is 2.77. The first-order valence-corrected chi connectivity index (χ1v) is 8.80. The van der Waals surface area contributed by atoms with E-state index in [0.29, 0.717) is 12.5 Å². The average Bonchev–Trinajstić information content (AvgIpc) is 3.38. The summed E-state index contributed by atoms with van der Waals surface area (Å²) in [5.74, 6) is 0.739. The van der Waals surface area contributed by atoms with Crippen LogP contribution in [0.4, 0.5) is 13.2 Å². The average molecular weight is 399 g/mol. The summed E-state index contributed by atoms with van der Waals surface area (Å²) in [7, 11) is 0. The third-order valence-corrected chi connectivity index (χ3v) is 4.35. The quantitative estimate of drug-likeness (QED) is 0.823. The molecule has 1 fully saturated rings. The third kappa shape index (κ3) is 5.65. The Labute approximate surface area is 159 Å². The number of carbonyl (C=O) groups is 1. The minimum atomic E-state index is -5.08. The van der Waals surface area contributed by atoms with Gasteiger partial charge in [-0.3, -0.25) is 4.90 Å². The maximum Gasteiger partial charge on any atom is 0.490 e. The molecular weight excluding hydrogens is 379 g/mol. The Balaban J connectivity index is 0.000000279. The molecule has 0 bridgehead atoms. The highest BCUT2D eigenvalue weighted by atomic mass is 19.4. The van der Waals surface area contributed by atoms with Crippen LogP contribution in [-0.2, 0) is 24.5 Å². The van der Waals surface area contributed by atoms with Gasteiger partial charge in [-0.1, -0.05) is 6.07 Å². The Morgan fingerprint density at radius 2 is 2.00 bits per heavy atom. The van der Waals surface area contributed by atoms with Crippen molar-refractivity contribution < 1.29 is 27.8 Å². The zero-order chi connectivity index (χ0) is 20.1. The number of aliphatic carboxylic acids is 1. The van der Waals surface area contributed by atoms with E-state index in [4.69, 9.17) is 14.6 Å². The normalized spacial score (nSPS) is 16.7. The Morgan fingerprint density at radius 1 is 1.25 bits per heavy atom. The molecule has 28 heavy (non-hydrogen) atoms. The summed E-state index contributed by atoms with van der Waals surface area (Å²) >= 11 is 0. The predicted octanol–water partition coefficient (Wildman–Crippen LogP) is 2.11. The van der Waals surface area contributed by atoms with Crippen LogP contribution in [0.2, 0.25) is 0 Å². The van der Waals surface area contributed by atoms with Crippen molar-refractivity contribution in [1.82, 2.24) is 24.6 Å². The first-order chi connectivity index (χ1) is 13.3. The molecule has 1 aliphatic carbocycles. The molecule has 0 aromatic carbocycles. The molecule has 0 amide bonds. The molecule has 0 atom stereocenters. The number of carboxylic acid groups (broad SMARTS) is 1. The van der Waals surface area contributed by atoms with Gasteiger partial charge >= 0.3 is 12.1 Å². The van der Waals surface area contributed by atoms with Crippen molar-refractivity contribution in [1.29, 1.82) is 0 Å². The molecule has 0 unspecified atom stereocenters. The van der Waals surface area contributed by atoms with Crippen molar-refractivity contribution in [3.05, 3.63) is 36.0 Å². The molecule has 2 aromatic heterocycles. The van der Waals surface area contributed by atoms with E-state index >= 15 is 0 Å². The topological polar surface area (TPSA) is 93.4 Å². The molecule has 0 spiro atoms. The molecule has 1 N–H and O–H groups in total. The number of rotatable bonds is 5. The molecule has 4 rings (SSSR count). The maximum atomic E-state index is 10.6. The van der Waals surface area contributed by atoms with Crippen molar-refractivity contribution in [3.8, 4) is 5.88 Å². The van der Waals surface area contributed by atoms with Crippen LogP contribution in [0, 0.1) is 5.92 Å². The number of hydrogen-bond acceptors (Lipinski definition) is 6. The van der Waals surface area contributed by atoms with Gasteiger partial charge in [0, 0.05) is 31.9 Å². The van der Waals surface area contributed by atoms with Gasteiger partial charge in [-0.15, -0.1) is 10.2 Å². The van der Waals surface area contributed by atoms with E-state index in [-0.39, 0.29) is 0 Å². The van der Waals surface area contributed by atoms with E-state index in [9.17, 15) is 13.2 Å². The number of pyridine rings is 1. The van der Waals surface area contributed by atoms with Crippen LogP contribution in [0.25, 0.3) is 0 Å². The number of fused-ring (bicyclic) bond motifs is 1. The van der Waals surface area contributed by atoms with Crippen molar-refractivity contribution in [2.45, 2.75) is 38.7 Å². The highest BCUT2D eigenvalue weighted by Crippen LogP contribution is 2.30. The zero-order valence-corrected chi connectivity index (χ0v) is 15.0. The lowest BCUT2D eigenvalue weighted by Crippen LogP contribution is -2.35. The lowest BCUT2D eigenvalue weighted by molar-refractivity contribution is -0.192. The van der Waals surface area contributed by atoms with Gasteiger partial charge < -0.3 is 14.4 Å². The Hall–Kier alpha value is -2.69. The lowest BCUT2D eigenvalue weighted by Gasteiger charge is -2.27. The lowest BCUT2D eigenvalue weighted by atomic mass is 10.3. The number of alkyl halides is 3. The molecular formula is C17H20F3N5O3. The summed E-state index contributed by atoms with van der Waals surface area (Å²) in [6.45, 7) is 4.58. The van der Waals surface area contributed by atoms with Crippen LogP contribution in [-0.4, -0.2) is 55.0 Å². The Morgan fingerprint density at radius 3 is 2.61 bits per heavy atom. The fraction of sp³-hybridized carbons (Fsp3) is 0.529. The molecule has 1 saturated carbocycles. The van der Waals surface area contributed by atoms with E-state index < -0.39 is 12.1 Å². The Bertz CT molecular complexity index is 793. The van der Waals surface area contributed by atoms with Gasteiger partial charge in [0.25, 0.3) is 0 Å². The second-order valence-electron chi connectivity index (χ2n) is 6.62. The molecule has 0 radical (unpaired) electrons. The van der Waals surface area contributed by atoms with Gasteiger partial charge in [-0.2, -0.15) is 13.2 Å². The number of halogens is 3. The van der Waals surface area contributed by atoms with Crippen molar-refractivity contribution in [2.75, 3.05) is 13.1 Å². The van der Waals surface area contributed by atoms with Crippen LogP contribution in [0.15, 0.2) is 24.4 Å². The molecule has 2 aromatic rings. The van der Waals surface area contributed by atoms with Gasteiger partial charge in [0.2, 0.25) is 5.88 Å². The summed E-state index contributed by atoms with van der Waals surface area (Å²) in [6.07, 6.45) is -0.566. The number of aromatic nitrogens is 4. The van der Waals surface area contributed by atoms with Crippen molar-refractivity contribution >= 4 is 5.97 Å². The van der Waals surface area contributed by atoms with E-state index in [2.05, 4.69) is 24.6 Å². The van der Waals surface area contributed by atoms with Crippen LogP contribution >= 0.6 is 0 Å². The van der Waals surface area contributed by atoms with Gasteiger partial charge in [-0.05, 0) is 24.8 Å². The van der Waals surface area contributed by atoms with Gasteiger partial charge in [0.15, 0.2) is 5.82 Å². The molecule has 152 valence electrons. The van der Waals surface area contributed by atoms with E-state index in [1.165, 1.54) is 19.4 Å². The summed E-state index contributed by atoms with van der Waals surface area (Å²) in [6, 6.07) is 5.64. The summed E-state index contributed by atoms with van der Waals surface area (Å²) < 4.78 is 39.6. The highest BCUT2D eigenvalue weighted by molar-refractivity contribution is 5.73. The maximum absolute atomic E-state index is 10.6. The minimum absolute atomic E-state index is 0.423. The fourth-order valence-electron chi connectivity index (χ4n) is 2.77. The smallest absolute Gasteiger partial charge is 0.475 e. The zero-order valence-electron chi connectivity index (χ0n) is 15.0. The summed E-state index contributed by atoms with van der Waals surface area (Å²) in [5.41, 5.74) is 0. The first-order valence-electron chi connectivity index (χ1n) is 8.80. The third-order valence-electron chi connectivity index (χ3n) is 4.35. The Kier molecular flexibility index (Phi) is 6.12. The molecule has 2 aliphatic rings. The van der Waals surface area contributed by atoms with Crippen LogP contribution in [0.3, 0.4) is 0 Å². The second kappa shape index (κ2) is 8.55. The van der Waals surface area contributed by atoms with Crippen molar-refractivity contribution in [2.24, 2.45) is 5.92 Å². The second-order valence-corrected chi connectivity index (χ2v) is 6.62. The minimum Gasteiger partial charge on any atom is -0.475 e. The number of carboxylic acids is 1. The predicted molar refractivity (Wildman–Crippen MR) is 90.3 cm³/mol. The van der Waals surface area contributed by atoms with Crippen molar-refractivity contribution in [3.63, 3.8) is 0 Å². The summed E-state index contributed by atoms with van der Waals surface area (Å²) in [5, 5.41) is 15.7. The van der Waals surface area contributed by atoms with E-state index in [0.717, 1.165) is 37.2 Å². The van der Waals surface area contributed by atoms with E-state index in [1.54, 1.807) is 6.20 Å². The molecule has 3 heterocycles. The first kappa shape index (κ1) is 20.1. The molecule has 1 aliphatic heterocycles. The van der Waals surface area contributed by atoms with E-state index in [1.807, 2.05) is 18.2 Å². The monoisotopic (exact) mass is 399 g/mol. The van der Waals surface area contributed by atoms with Gasteiger partial charge in [0.1, 0.15) is 12.4 Å². The number of hydrogen-bond donors (Lipinski definition) is 1. The van der Waals surface area contributed by atoms with Gasteiger partial charge in [-0.25, -0.2) is 9.78 Å². The standard InChI is InChI=1S/C15H19N5O.C2HF3O2/c1-2-6-16-15(3-1)21-11-14-18-17-13-10-19(7-8-20(13)14)9-12-4-5-12;3-2(4,5)1(6)7/h1-3,6,12H,4-5,7-11H2;(H,6,7). The number of ether oxygens (including phenoxy) is 1. The highest BCUT2D eigenvalue weighted by Gasteiger charge is 2.38. The molecule has 11 heteroatoms. The van der Waals surface area contributed by atoms with Crippen LogP contribution in [0.1, 0.15) is 24.5 Å².